The van der Waals surface area contributed by atoms with Crippen molar-refractivity contribution in [2.75, 3.05) is 46.4 Å². The Bertz CT molecular complexity index is 3070. The molecular weight excluding hydrogens is 910 g/mol. The van der Waals surface area contributed by atoms with Crippen molar-refractivity contribution < 1.29 is 51.7 Å². The van der Waals surface area contributed by atoms with Crippen LogP contribution >= 0.6 is 0 Å². The van der Waals surface area contributed by atoms with E-state index in [1.54, 1.807) is 55.8 Å². The number of hydrogen-bond donors (Lipinski definition) is 6. The minimum absolute atomic E-state index is 0.176. The van der Waals surface area contributed by atoms with Gasteiger partial charge >= 0.3 is 12.1 Å². The van der Waals surface area contributed by atoms with Crippen LogP contribution in [0.2, 0.25) is 0 Å². The lowest BCUT2D eigenvalue weighted by atomic mass is 10.1. The first-order valence-electron chi connectivity index (χ1n) is 21.8. The maximum Gasteiger partial charge on any atom is 0.490 e. The Morgan fingerprint density at radius 3 is 1.64 bits per heavy atom. The third-order valence-corrected chi connectivity index (χ3v) is 10.8. The molecule has 368 valence electrons. The molecular formula is C44H53F3N14O8. The van der Waals surface area contributed by atoms with Crippen molar-refractivity contribution in [3.63, 3.8) is 0 Å². The van der Waals surface area contributed by atoms with E-state index in [4.69, 9.17) is 30.8 Å². The molecule has 0 aliphatic carbocycles. The van der Waals surface area contributed by atoms with Gasteiger partial charge in [-0.05, 0) is 70.5 Å². The van der Waals surface area contributed by atoms with Crippen LogP contribution < -0.4 is 37.5 Å². The molecule has 22 nitrogen and oxygen atoms in total. The summed E-state index contributed by atoms with van der Waals surface area (Å²) in [5.74, 6) is -4.36. The van der Waals surface area contributed by atoms with Crippen LogP contribution in [0.1, 0.15) is 73.3 Å². The number of nitrogens with zero attached hydrogens (tertiary/aromatic N) is 9. The number of fused-ring (bicyclic) bond motifs is 2. The van der Waals surface area contributed by atoms with Gasteiger partial charge in [0.25, 0.3) is 11.8 Å². The number of hydrogen-bond acceptors (Lipinski definition) is 11. The summed E-state index contributed by atoms with van der Waals surface area (Å²) in [4.78, 5) is 78.9. The molecule has 0 spiro atoms. The quantitative estimate of drug-likeness (QED) is 0.0603. The van der Waals surface area contributed by atoms with Gasteiger partial charge < -0.3 is 55.4 Å². The number of aromatic amines is 2. The number of amides is 4. The zero-order valence-corrected chi connectivity index (χ0v) is 38.5. The monoisotopic (exact) mass is 962 g/mol. The van der Waals surface area contributed by atoms with E-state index in [9.17, 15) is 32.3 Å². The predicted molar refractivity (Wildman–Crippen MR) is 243 cm³/mol. The molecule has 2 aromatic carbocycles. The molecule has 7 rings (SSSR count). The van der Waals surface area contributed by atoms with Crippen LogP contribution in [0.15, 0.2) is 58.5 Å². The maximum absolute atomic E-state index is 13.8. The van der Waals surface area contributed by atoms with Crippen LogP contribution in [0.5, 0.6) is 11.5 Å². The fourth-order valence-electron chi connectivity index (χ4n) is 7.62. The Balaban J connectivity index is 0.00000104. The topological polar surface area (TPSA) is 293 Å². The van der Waals surface area contributed by atoms with Gasteiger partial charge in [0, 0.05) is 70.0 Å². The van der Waals surface area contributed by atoms with E-state index in [0.29, 0.717) is 76.0 Å². The van der Waals surface area contributed by atoms with Crippen LogP contribution in [-0.4, -0.2) is 131 Å². The number of nitrogens with two attached hydrogens (primary N) is 2. The number of carboxylic acid groups (broad SMARTS) is 1. The van der Waals surface area contributed by atoms with E-state index in [1.807, 2.05) is 32.9 Å². The summed E-state index contributed by atoms with van der Waals surface area (Å²) in [5.41, 5.74) is 16.3. The van der Waals surface area contributed by atoms with Gasteiger partial charge in [-0.1, -0.05) is 12.2 Å². The van der Waals surface area contributed by atoms with E-state index in [2.05, 4.69) is 40.4 Å². The SMILES string of the molecule is CCn1nc(C)cc1C(=O)/N=c1/[nH]c2cc(C(N)=O)cc(OC)c2n1C/C=C/Cn1/c(=N\C(=O)c2cc(C)nn2CC)[nH]c2cc(C(N)=O)cc(OCCCN3CCNCC3)c21.O=C(O)C(F)(F)F. The number of allylic oxidation sites excluding steroid dienone is 2. The minimum Gasteiger partial charge on any atom is -0.494 e. The predicted octanol–water partition coefficient (Wildman–Crippen LogP) is 2.55. The average molecular weight is 963 g/mol. The number of aliphatic carboxylic acids is 1. The zero-order chi connectivity index (χ0) is 50.2. The number of methoxy groups -OCH3 is 1. The number of aromatic nitrogens is 8. The second-order valence-corrected chi connectivity index (χ2v) is 15.7. The number of carboxylic acids is 1. The van der Waals surface area contributed by atoms with E-state index in [0.717, 1.165) is 39.1 Å². The van der Waals surface area contributed by atoms with E-state index < -0.39 is 35.8 Å². The van der Waals surface area contributed by atoms with Crippen molar-refractivity contribution in [3.05, 3.63) is 93.7 Å². The molecule has 1 aliphatic rings. The molecule has 4 aromatic heterocycles. The molecule has 69 heavy (non-hydrogen) atoms. The molecule has 8 N–H and O–H groups in total. The maximum atomic E-state index is 13.8. The Morgan fingerprint density at radius 2 is 1.22 bits per heavy atom. The number of halogens is 3. The zero-order valence-electron chi connectivity index (χ0n) is 38.5. The highest BCUT2D eigenvalue weighted by atomic mass is 19.4. The first-order valence-corrected chi connectivity index (χ1v) is 21.8. The fourth-order valence-corrected chi connectivity index (χ4v) is 7.62. The number of aryl methyl sites for hydroxylation is 4. The summed E-state index contributed by atoms with van der Waals surface area (Å²) in [7, 11) is 1.47. The number of benzene rings is 2. The molecule has 1 saturated heterocycles. The van der Waals surface area contributed by atoms with Gasteiger partial charge in [0.1, 0.15) is 33.9 Å². The highest BCUT2D eigenvalue weighted by Crippen LogP contribution is 2.28. The number of rotatable bonds is 16. The average Bonchev–Trinajstić information content (AvgIpc) is 4.08. The van der Waals surface area contributed by atoms with Gasteiger partial charge in [-0.3, -0.25) is 28.5 Å². The molecule has 1 fully saturated rings. The molecule has 25 heteroatoms. The Labute approximate surface area is 391 Å². The molecule has 5 heterocycles. The third-order valence-electron chi connectivity index (χ3n) is 10.8. The molecule has 4 amide bonds. The van der Waals surface area contributed by atoms with Crippen molar-refractivity contribution in [1.29, 1.82) is 0 Å². The van der Waals surface area contributed by atoms with Crippen molar-refractivity contribution in [3.8, 4) is 11.5 Å². The number of carbonyl (C=O) groups excluding carboxylic acids is 4. The molecule has 1 aliphatic heterocycles. The number of piperazine rings is 1. The molecule has 6 aromatic rings. The Kier molecular flexibility index (Phi) is 16.0. The minimum atomic E-state index is -5.08. The number of carbonyl (C=O) groups is 5. The number of H-pyrrole nitrogens is 2. The lowest BCUT2D eigenvalue weighted by Gasteiger charge is -2.27. The Hall–Kier alpha value is -7.80. The van der Waals surface area contributed by atoms with Crippen LogP contribution in [-0.2, 0) is 31.0 Å². The van der Waals surface area contributed by atoms with Gasteiger partial charge in [-0.15, -0.1) is 0 Å². The van der Waals surface area contributed by atoms with Gasteiger partial charge in [-0.25, -0.2) is 4.79 Å². The van der Waals surface area contributed by atoms with Crippen molar-refractivity contribution in [1.82, 2.24) is 48.9 Å². The fraction of sp³-hybridized carbons (Fsp3) is 0.386. The van der Waals surface area contributed by atoms with E-state index in [-0.39, 0.29) is 35.5 Å². The summed E-state index contributed by atoms with van der Waals surface area (Å²) in [6.45, 7) is 13.7. The summed E-state index contributed by atoms with van der Waals surface area (Å²) in [6, 6.07) is 9.69. The lowest BCUT2D eigenvalue weighted by molar-refractivity contribution is -0.192. The number of ether oxygens (including phenoxy) is 2. The molecule has 0 atom stereocenters. The number of imidazole rings is 2. The summed E-state index contributed by atoms with van der Waals surface area (Å²) >= 11 is 0. The second-order valence-electron chi connectivity index (χ2n) is 15.7. The van der Waals surface area contributed by atoms with E-state index in [1.165, 1.54) is 13.2 Å². The standard InChI is InChI=1S/C42H52N14O6.C2HF3O2/c1-6-55-31(19-25(3)50-55)39(59)48-41-46-29-21-27(37(43)57)23-33(61-5)35(29)53(41)14-8-9-15-54-36-30(47-42(54)49-40(60)32-20-26(4)51-56(32)7-2)22-28(38(44)58)24-34(36)62-18-10-13-52-16-11-45-12-17-52;3-2(4,5)1(6)7/h8-9,19-24,45H,6-7,10-18H2,1-5H3,(H2,43,57)(H2,44,58)(H,46,48,59)(H,47,49,60);(H,6,7)/b9-8+;. The Morgan fingerprint density at radius 1 is 0.768 bits per heavy atom. The van der Waals surface area contributed by atoms with E-state index >= 15 is 0 Å². The normalized spacial score (nSPS) is 13.9. The van der Waals surface area contributed by atoms with Crippen molar-refractivity contribution in [2.24, 2.45) is 21.5 Å². The number of nitrogens with one attached hydrogen (secondary N) is 3. The first-order chi connectivity index (χ1) is 32.8. The lowest BCUT2D eigenvalue weighted by Crippen LogP contribution is -2.43. The van der Waals surface area contributed by atoms with Crippen LogP contribution in [0.4, 0.5) is 13.2 Å². The van der Waals surface area contributed by atoms with Crippen molar-refractivity contribution >= 4 is 51.7 Å². The molecule has 0 bridgehead atoms. The van der Waals surface area contributed by atoms with Crippen LogP contribution in [0.25, 0.3) is 22.1 Å². The van der Waals surface area contributed by atoms with Gasteiger partial charge in [0.05, 0.1) is 36.1 Å². The van der Waals surface area contributed by atoms with Crippen LogP contribution in [0.3, 0.4) is 0 Å². The smallest absolute Gasteiger partial charge is 0.490 e. The second kappa shape index (κ2) is 21.9. The third kappa shape index (κ3) is 12.0. The summed E-state index contributed by atoms with van der Waals surface area (Å²) < 4.78 is 50.6. The van der Waals surface area contributed by atoms with Crippen LogP contribution in [0, 0.1) is 13.8 Å². The number of primary amides is 2. The van der Waals surface area contributed by atoms with Gasteiger partial charge in [-0.2, -0.15) is 33.4 Å². The molecule has 0 saturated carbocycles. The van der Waals surface area contributed by atoms with Crippen molar-refractivity contribution in [2.45, 2.75) is 66.5 Å². The summed E-state index contributed by atoms with van der Waals surface area (Å²) in [5, 5.41) is 19.3. The first kappa shape index (κ1) is 50.6. The highest BCUT2D eigenvalue weighted by Gasteiger charge is 2.38. The largest absolute Gasteiger partial charge is 0.494 e. The summed E-state index contributed by atoms with van der Waals surface area (Å²) in [6.07, 6.45) is -0.618. The molecule has 0 radical (unpaired) electrons. The highest BCUT2D eigenvalue weighted by molar-refractivity contribution is 5.99. The van der Waals surface area contributed by atoms with Gasteiger partial charge in [0.15, 0.2) is 0 Å². The van der Waals surface area contributed by atoms with Gasteiger partial charge in [0.2, 0.25) is 23.1 Å². The number of alkyl halides is 3. The molecule has 0 unspecified atom stereocenters.